The van der Waals surface area contributed by atoms with E-state index in [-0.39, 0.29) is 19.4 Å². The predicted octanol–water partition coefficient (Wildman–Crippen LogP) is 0.799. The SMILES string of the molecule is CC(C)(C)OC(=O)N[C@@H](CCCCN)CNC(=O)ON1C(=O)CCC1=O. The summed E-state index contributed by atoms with van der Waals surface area (Å²) in [6.07, 6.45) is 0.587. The Hall–Kier alpha value is -2.36. The highest BCUT2D eigenvalue weighted by atomic mass is 16.7. The highest BCUT2D eigenvalue weighted by Gasteiger charge is 2.33. The molecule has 1 atom stereocenters. The van der Waals surface area contributed by atoms with Crippen molar-refractivity contribution in [1.29, 1.82) is 0 Å². The van der Waals surface area contributed by atoms with Gasteiger partial charge in [-0.15, -0.1) is 5.06 Å². The topological polar surface area (TPSA) is 140 Å². The Labute approximate surface area is 152 Å². The maximum Gasteiger partial charge on any atom is 0.432 e. The van der Waals surface area contributed by atoms with Crippen molar-refractivity contribution in [3.8, 4) is 0 Å². The Kier molecular flexibility index (Phi) is 8.30. The molecule has 0 aromatic carbocycles. The van der Waals surface area contributed by atoms with Crippen LogP contribution in [0.1, 0.15) is 52.9 Å². The van der Waals surface area contributed by atoms with Crippen molar-refractivity contribution >= 4 is 24.0 Å². The number of hydrogen-bond donors (Lipinski definition) is 3. The number of nitrogens with two attached hydrogens (primary N) is 1. The van der Waals surface area contributed by atoms with Crippen molar-refractivity contribution in [2.24, 2.45) is 5.73 Å². The minimum atomic E-state index is -0.941. The smallest absolute Gasteiger partial charge is 0.432 e. The van der Waals surface area contributed by atoms with Gasteiger partial charge in [0.15, 0.2) is 0 Å². The zero-order chi connectivity index (χ0) is 19.7. The monoisotopic (exact) mass is 372 g/mol. The molecule has 4 amide bonds. The Morgan fingerprint density at radius 1 is 1.15 bits per heavy atom. The number of alkyl carbamates (subject to hydrolysis) is 1. The summed E-state index contributed by atoms with van der Waals surface area (Å²) >= 11 is 0. The van der Waals surface area contributed by atoms with Gasteiger partial charge in [0.25, 0.3) is 11.8 Å². The lowest BCUT2D eigenvalue weighted by molar-refractivity contribution is -0.171. The van der Waals surface area contributed by atoms with Gasteiger partial charge in [-0.2, -0.15) is 0 Å². The number of amides is 4. The quantitative estimate of drug-likeness (QED) is 0.423. The zero-order valence-corrected chi connectivity index (χ0v) is 15.5. The van der Waals surface area contributed by atoms with Crippen molar-refractivity contribution in [3.05, 3.63) is 0 Å². The van der Waals surface area contributed by atoms with Gasteiger partial charge in [-0.25, -0.2) is 9.59 Å². The molecule has 0 aromatic heterocycles. The van der Waals surface area contributed by atoms with E-state index in [0.717, 1.165) is 12.8 Å². The van der Waals surface area contributed by atoms with Gasteiger partial charge < -0.3 is 25.9 Å². The summed E-state index contributed by atoms with van der Waals surface area (Å²) in [5.74, 6) is -1.12. The van der Waals surface area contributed by atoms with Gasteiger partial charge >= 0.3 is 12.2 Å². The first-order chi connectivity index (χ1) is 12.1. The van der Waals surface area contributed by atoms with Gasteiger partial charge in [0.05, 0.1) is 0 Å². The Bertz CT molecular complexity index is 515. The van der Waals surface area contributed by atoms with E-state index in [4.69, 9.17) is 15.3 Å². The Morgan fingerprint density at radius 3 is 2.31 bits per heavy atom. The summed E-state index contributed by atoms with van der Waals surface area (Å²) in [6, 6.07) is -0.408. The molecule has 10 heteroatoms. The average Bonchev–Trinajstić information content (AvgIpc) is 2.82. The first-order valence-corrected chi connectivity index (χ1v) is 8.63. The van der Waals surface area contributed by atoms with Crippen LogP contribution in [0.15, 0.2) is 0 Å². The molecular formula is C16H28N4O6. The number of hydrogen-bond acceptors (Lipinski definition) is 7. The maximum atomic E-state index is 11.9. The minimum absolute atomic E-state index is 0.0219. The molecule has 1 rings (SSSR count). The number of nitrogens with one attached hydrogen (secondary N) is 2. The third kappa shape index (κ3) is 8.15. The molecule has 0 unspecified atom stereocenters. The second-order valence-electron chi connectivity index (χ2n) is 6.97. The number of hydroxylamine groups is 2. The largest absolute Gasteiger partial charge is 0.444 e. The van der Waals surface area contributed by atoms with Gasteiger partial charge in [-0.05, 0) is 40.2 Å². The second-order valence-corrected chi connectivity index (χ2v) is 6.97. The molecule has 10 nitrogen and oxygen atoms in total. The van der Waals surface area contributed by atoms with Crippen LogP contribution < -0.4 is 16.4 Å². The summed E-state index contributed by atoms with van der Waals surface area (Å²) < 4.78 is 5.20. The number of unbranched alkanes of at least 4 members (excludes halogenated alkanes) is 1. The first kappa shape index (κ1) is 21.7. The van der Waals surface area contributed by atoms with E-state index in [9.17, 15) is 19.2 Å². The van der Waals surface area contributed by atoms with Crippen molar-refractivity contribution in [1.82, 2.24) is 15.7 Å². The Balaban J connectivity index is 2.50. The highest BCUT2D eigenvalue weighted by Crippen LogP contribution is 2.12. The molecule has 1 fully saturated rings. The van der Waals surface area contributed by atoms with E-state index in [1.165, 1.54) is 0 Å². The molecule has 148 valence electrons. The third-order valence-electron chi connectivity index (χ3n) is 3.40. The summed E-state index contributed by atoms with van der Waals surface area (Å²) in [5, 5.41) is 5.57. The number of rotatable bonds is 8. The number of nitrogens with zero attached hydrogens (tertiary/aromatic N) is 1. The van der Waals surface area contributed by atoms with Crippen LogP contribution in [0, 0.1) is 0 Å². The lowest BCUT2D eigenvalue weighted by Crippen LogP contribution is -2.46. The van der Waals surface area contributed by atoms with Crippen molar-refractivity contribution in [2.75, 3.05) is 13.1 Å². The maximum absolute atomic E-state index is 11.9. The molecule has 1 saturated heterocycles. The van der Waals surface area contributed by atoms with Crippen LogP contribution in [0.2, 0.25) is 0 Å². The van der Waals surface area contributed by atoms with Crippen molar-refractivity contribution < 1.29 is 28.8 Å². The van der Waals surface area contributed by atoms with Gasteiger partial charge in [0, 0.05) is 25.4 Å². The molecular weight excluding hydrogens is 344 g/mol. The van der Waals surface area contributed by atoms with Crippen molar-refractivity contribution in [2.45, 2.75) is 64.5 Å². The second kappa shape index (κ2) is 9.95. The van der Waals surface area contributed by atoms with Crippen LogP contribution in [-0.2, 0) is 19.2 Å². The van der Waals surface area contributed by atoms with Gasteiger partial charge in [0.2, 0.25) is 0 Å². The molecule has 0 radical (unpaired) electrons. The average molecular weight is 372 g/mol. The molecule has 1 aliphatic heterocycles. The molecule has 0 aliphatic carbocycles. The first-order valence-electron chi connectivity index (χ1n) is 8.63. The molecule has 0 saturated carbocycles. The number of ether oxygens (including phenoxy) is 1. The van der Waals surface area contributed by atoms with Gasteiger partial charge in [-0.3, -0.25) is 9.59 Å². The summed E-state index contributed by atoms with van der Waals surface area (Å²) in [6.45, 7) is 5.81. The number of carbonyl (C=O) groups excluding carboxylic acids is 4. The van der Waals surface area contributed by atoms with Crippen LogP contribution in [0.5, 0.6) is 0 Å². The van der Waals surface area contributed by atoms with E-state index in [1.54, 1.807) is 20.8 Å². The van der Waals surface area contributed by atoms with Gasteiger partial charge in [-0.1, -0.05) is 6.42 Å². The molecule has 1 aliphatic rings. The lowest BCUT2D eigenvalue weighted by atomic mass is 10.1. The third-order valence-corrected chi connectivity index (χ3v) is 3.40. The fraction of sp³-hybridized carbons (Fsp3) is 0.750. The number of carbonyl (C=O) groups is 4. The van der Waals surface area contributed by atoms with Crippen molar-refractivity contribution in [3.63, 3.8) is 0 Å². The van der Waals surface area contributed by atoms with E-state index in [0.29, 0.717) is 18.0 Å². The van der Waals surface area contributed by atoms with Crippen LogP contribution in [0.3, 0.4) is 0 Å². The zero-order valence-electron chi connectivity index (χ0n) is 15.5. The summed E-state index contributed by atoms with van der Waals surface area (Å²) in [7, 11) is 0. The van der Waals surface area contributed by atoms with E-state index < -0.39 is 35.6 Å². The molecule has 1 heterocycles. The summed E-state index contributed by atoms with van der Waals surface area (Å²) in [5.41, 5.74) is 4.82. The summed E-state index contributed by atoms with van der Waals surface area (Å²) in [4.78, 5) is 51.3. The Morgan fingerprint density at radius 2 is 1.77 bits per heavy atom. The molecule has 0 aromatic rings. The minimum Gasteiger partial charge on any atom is -0.444 e. The predicted molar refractivity (Wildman–Crippen MR) is 91.6 cm³/mol. The van der Waals surface area contributed by atoms with Crippen LogP contribution in [0.4, 0.5) is 9.59 Å². The lowest BCUT2D eigenvalue weighted by Gasteiger charge is -2.24. The van der Waals surface area contributed by atoms with E-state index >= 15 is 0 Å². The van der Waals surface area contributed by atoms with Crippen LogP contribution in [-0.4, -0.2) is 53.8 Å². The van der Waals surface area contributed by atoms with Crippen LogP contribution in [0.25, 0.3) is 0 Å². The van der Waals surface area contributed by atoms with Crippen LogP contribution >= 0.6 is 0 Å². The molecule has 26 heavy (non-hydrogen) atoms. The fourth-order valence-electron chi connectivity index (χ4n) is 2.21. The van der Waals surface area contributed by atoms with E-state index in [2.05, 4.69) is 10.6 Å². The molecule has 0 bridgehead atoms. The highest BCUT2D eigenvalue weighted by molar-refractivity contribution is 6.01. The standard InChI is InChI=1S/C16H28N4O6/c1-16(2,3)25-15(24)19-11(6-4-5-9-17)10-18-14(23)26-20-12(21)7-8-13(20)22/h11H,4-10,17H2,1-3H3,(H,18,23)(H,19,24)/t11-/m0/s1. The normalized spacial score (nSPS) is 15.6. The van der Waals surface area contributed by atoms with Gasteiger partial charge in [0.1, 0.15) is 5.60 Å². The fourth-order valence-corrected chi connectivity index (χ4v) is 2.21. The molecule has 4 N–H and O–H groups in total. The van der Waals surface area contributed by atoms with E-state index in [1.807, 2.05) is 0 Å². The molecule has 0 spiro atoms. The number of imide groups is 1.